The van der Waals surface area contributed by atoms with Crippen LogP contribution in [0.2, 0.25) is 0 Å². The third-order valence-electron chi connectivity index (χ3n) is 7.44. The molecule has 2 aromatic rings. The molecule has 42 heavy (non-hydrogen) atoms. The summed E-state index contributed by atoms with van der Waals surface area (Å²) >= 11 is 0. The monoisotopic (exact) mass is 581 g/mol. The van der Waals surface area contributed by atoms with Crippen LogP contribution in [0.15, 0.2) is 42.5 Å². The number of nitrogens with zero attached hydrogens (tertiary/aromatic N) is 1. The lowest BCUT2D eigenvalue weighted by atomic mass is 9.89. The molecule has 8 heteroatoms. The predicted molar refractivity (Wildman–Crippen MR) is 167 cm³/mol. The Morgan fingerprint density at radius 3 is 2.17 bits per heavy atom. The van der Waals surface area contributed by atoms with Gasteiger partial charge in [0.15, 0.2) is 0 Å². The lowest BCUT2D eigenvalue weighted by Crippen LogP contribution is -2.60. The lowest BCUT2D eigenvalue weighted by Gasteiger charge is -2.45. The summed E-state index contributed by atoms with van der Waals surface area (Å²) in [5.74, 6) is -0.545. The van der Waals surface area contributed by atoms with Crippen molar-refractivity contribution >= 4 is 17.9 Å². The van der Waals surface area contributed by atoms with E-state index < -0.39 is 35.2 Å². The molecule has 0 aromatic heterocycles. The molecule has 0 aliphatic heterocycles. The lowest BCUT2D eigenvalue weighted by molar-refractivity contribution is -0.149. The van der Waals surface area contributed by atoms with Crippen molar-refractivity contribution in [2.24, 2.45) is 0 Å². The minimum atomic E-state index is -1.03. The number of ether oxygens (including phenoxy) is 1. The number of nitrogens with one attached hydrogen (secondary N) is 2. The van der Waals surface area contributed by atoms with Gasteiger partial charge in [-0.1, -0.05) is 62.6 Å². The van der Waals surface area contributed by atoms with Crippen LogP contribution >= 0.6 is 0 Å². The van der Waals surface area contributed by atoms with E-state index in [0.29, 0.717) is 13.0 Å². The summed E-state index contributed by atoms with van der Waals surface area (Å²) < 4.78 is 5.53. The molecule has 0 fully saturated rings. The average molecular weight is 582 g/mol. The van der Waals surface area contributed by atoms with Crippen LogP contribution in [0.5, 0.6) is 5.75 Å². The van der Waals surface area contributed by atoms with E-state index in [1.54, 1.807) is 49.9 Å². The van der Waals surface area contributed by atoms with Gasteiger partial charge in [-0.3, -0.25) is 9.59 Å². The first kappa shape index (κ1) is 34.7. The number of phenolic OH excluding ortho intramolecular Hbond substituents is 1. The van der Waals surface area contributed by atoms with Gasteiger partial charge in [0.25, 0.3) is 0 Å². The van der Waals surface area contributed by atoms with Crippen LogP contribution in [0.3, 0.4) is 0 Å². The Morgan fingerprint density at radius 1 is 0.952 bits per heavy atom. The maximum Gasteiger partial charge on any atom is 0.408 e. The second-order valence-electron chi connectivity index (χ2n) is 12.7. The van der Waals surface area contributed by atoms with Crippen molar-refractivity contribution < 1.29 is 24.2 Å². The van der Waals surface area contributed by atoms with Gasteiger partial charge in [0.1, 0.15) is 23.4 Å². The number of hydrogen-bond acceptors (Lipinski definition) is 5. The van der Waals surface area contributed by atoms with Crippen LogP contribution in [0.1, 0.15) is 102 Å². The second-order valence-corrected chi connectivity index (χ2v) is 12.7. The van der Waals surface area contributed by atoms with Crippen molar-refractivity contribution in [3.63, 3.8) is 0 Å². The molecule has 2 rings (SSSR count). The molecular weight excluding hydrogens is 530 g/mol. The standard InChI is InChI=1S/C34H51N3O5/c1-10-12-13-20-35-30(39)29(27-21-23(3)14-15-24(27)4)37(34(8,9)11-2)31(40)28(36-32(41)42-33(5,6)7)22-25-16-18-26(38)19-17-25/h14-19,21,28-29,38H,10-13,20,22H2,1-9H3,(H,35,39)(H,36,41). The van der Waals surface area contributed by atoms with Gasteiger partial charge >= 0.3 is 6.09 Å². The summed E-state index contributed by atoms with van der Waals surface area (Å²) in [7, 11) is 0. The highest BCUT2D eigenvalue weighted by atomic mass is 16.6. The molecule has 232 valence electrons. The zero-order chi connectivity index (χ0) is 31.7. The molecule has 0 heterocycles. The first-order chi connectivity index (χ1) is 19.6. The minimum absolute atomic E-state index is 0.102. The molecule has 8 nitrogen and oxygen atoms in total. The Morgan fingerprint density at radius 2 is 1.60 bits per heavy atom. The van der Waals surface area contributed by atoms with Crippen LogP contribution in [-0.4, -0.2) is 51.6 Å². The number of rotatable bonds is 13. The van der Waals surface area contributed by atoms with Gasteiger partial charge in [-0.05, 0) is 90.1 Å². The number of unbranched alkanes of at least 4 members (excludes halogenated alkanes) is 2. The van der Waals surface area contributed by atoms with Gasteiger partial charge < -0.3 is 25.4 Å². The van der Waals surface area contributed by atoms with Crippen molar-refractivity contribution in [1.82, 2.24) is 15.5 Å². The SMILES string of the molecule is CCCCCNC(=O)C(c1cc(C)ccc1C)N(C(=O)C(Cc1ccc(O)cc1)NC(=O)OC(C)(C)C)C(C)(C)CC. The van der Waals surface area contributed by atoms with Crippen molar-refractivity contribution in [2.45, 2.75) is 118 Å². The molecule has 2 aromatic carbocycles. The zero-order valence-electron chi connectivity index (χ0n) is 27.0. The highest BCUT2D eigenvalue weighted by Crippen LogP contribution is 2.34. The Kier molecular flexibility index (Phi) is 12.4. The molecular formula is C34H51N3O5. The zero-order valence-corrected chi connectivity index (χ0v) is 27.0. The van der Waals surface area contributed by atoms with Crippen LogP contribution in [0.4, 0.5) is 4.79 Å². The fourth-order valence-electron chi connectivity index (χ4n) is 4.77. The number of aryl methyl sites for hydroxylation is 2. The highest BCUT2D eigenvalue weighted by molar-refractivity contribution is 5.93. The number of carbonyl (C=O) groups excluding carboxylic acids is 3. The molecule has 0 bridgehead atoms. The first-order valence-corrected chi connectivity index (χ1v) is 15.0. The van der Waals surface area contributed by atoms with Crippen molar-refractivity contribution in [3.05, 3.63) is 64.7 Å². The van der Waals surface area contributed by atoms with E-state index >= 15 is 0 Å². The number of benzene rings is 2. The van der Waals surface area contributed by atoms with Crippen molar-refractivity contribution in [3.8, 4) is 5.75 Å². The quantitative estimate of drug-likeness (QED) is 0.234. The number of alkyl carbamates (subject to hydrolysis) is 1. The largest absolute Gasteiger partial charge is 0.508 e. The summed E-state index contributed by atoms with van der Waals surface area (Å²) in [4.78, 5) is 43.5. The van der Waals surface area contributed by atoms with Gasteiger partial charge in [0.05, 0.1) is 0 Å². The Bertz CT molecular complexity index is 1200. The summed E-state index contributed by atoms with van der Waals surface area (Å²) in [6, 6.07) is 10.5. The van der Waals surface area contributed by atoms with E-state index in [4.69, 9.17) is 4.74 Å². The molecule has 2 atom stereocenters. The number of amides is 3. The molecule has 0 spiro atoms. The van der Waals surface area contributed by atoms with E-state index in [9.17, 15) is 19.5 Å². The van der Waals surface area contributed by atoms with Crippen molar-refractivity contribution in [2.75, 3.05) is 6.54 Å². The molecule has 3 N–H and O–H groups in total. The van der Waals surface area contributed by atoms with Gasteiger partial charge in [0, 0.05) is 18.5 Å². The minimum Gasteiger partial charge on any atom is -0.508 e. The van der Waals surface area contributed by atoms with E-state index in [1.165, 1.54) is 0 Å². The van der Waals surface area contributed by atoms with E-state index in [-0.39, 0.29) is 18.1 Å². The third kappa shape index (κ3) is 10.1. The Hall–Kier alpha value is -3.55. The van der Waals surface area contributed by atoms with Gasteiger partial charge in [-0.25, -0.2) is 4.79 Å². The van der Waals surface area contributed by atoms with Crippen LogP contribution in [0, 0.1) is 13.8 Å². The number of phenols is 1. The Balaban J connectivity index is 2.67. The number of carbonyl (C=O) groups is 3. The first-order valence-electron chi connectivity index (χ1n) is 15.0. The molecule has 0 saturated carbocycles. The van der Waals surface area contributed by atoms with Crippen LogP contribution < -0.4 is 10.6 Å². The normalized spacial score (nSPS) is 13.2. The molecule has 0 radical (unpaired) electrons. The molecule has 0 saturated heterocycles. The number of hydrogen-bond donors (Lipinski definition) is 3. The van der Waals surface area contributed by atoms with Gasteiger partial charge in [0.2, 0.25) is 11.8 Å². The van der Waals surface area contributed by atoms with E-state index in [0.717, 1.165) is 41.5 Å². The second kappa shape index (κ2) is 15.1. The van der Waals surface area contributed by atoms with Gasteiger partial charge in [-0.2, -0.15) is 0 Å². The van der Waals surface area contributed by atoms with Crippen LogP contribution in [-0.2, 0) is 20.7 Å². The van der Waals surface area contributed by atoms with Crippen LogP contribution in [0.25, 0.3) is 0 Å². The van der Waals surface area contributed by atoms with E-state index in [1.807, 2.05) is 52.8 Å². The highest BCUT2D eigenvalue weighted by Gasteiger charge is 2.43. The summed E-state index contributed by atoms with van der Waals surface area (Å²) in [6.45, 7) is 17.7. The summed E-state index contributed by atoms with van der Waals surface area (Å²) in [5, 5.41) is 15.7. The topological polar surface area (TPSA) is 108 Å². The summed E-state index contributed by atoms with van der Waals surface area (Å²) in [5.41, 5.74) is 1.85. The maximum absolute atomic E-state index is 14.7. The number of aromatic hydroxyl groups is 1. The molecule has 2 unspecified atom stereocenters. The fourth-order valence-corrected chi connectivity index (χ4v) is 4.77. The summed E-state index contributed by atoms with van der Waals surface area (Å²) in [6.07, 6.45) is 2.86. The van der Waals surface area contributed by atoms with Crippen molar-refractivity contribution in [1.29, 1.82) is 0 Å². The predicted octanol–water partition coefficient (Wildman–Crippen LogP) is 6.51. The Labute approximate surface area is 252 Å². The molecule has 3 amide bonds. The maximum atomic E-state index is 14.7. The average Bonchev–Trinajstić information content (AvgIpc) is 2.90. The smallest absolute Gasteiger partial charge is 0.408 e. The molecule has 0 aliphatic rings. The third-order valence-corrected chi connectivity index (χ3v) is 7.44. The van der Waals surface area contributed by atoms with Gasteiger partial charge in [-0.15, -0.1) is 0 Å². The van der Waals surface area contributed by atoms with E-state index in [2.05, 4.69) is 17.6 Å². The fraction of sp³-hybridized carbons (Fsp3) is 0.559. The molecule has 0 aliphatic carbocycles.